The number of aromatic nitrogens is 1. The van der Waals surface area contributed by atoms with Crippen LogP contribution in [-0.2, 0) is 29.0 Å². The molecule has 0 bridgehead atoms. The van der Waals surface area contributed by atoms with Crippen LogP contribution in [0.5, 0.6) is 5.75 Å². The molecule has 6 heteroatoms. The van der Waals surface area contributed by atoms with Crippen LogP contribution < -0.4 is 10.1 Å². The van der Waals surface area contributed by atoms with Gasteiger partial charge in [-0.2, -0.15) is 0 Å². The van der Waals surface area contributed by atoms with Crippen molar-refractivity contribution in [2.75, 3.05) is 6.54 Å². The highest BCUT2D eigenvalue weighted by Crippen LogP contribution is 2.30. The van der Waals surface area contributed by atoms with Gasteiger partial charge in [0.15, 0.2) is 0 Å². The number of carboxylic acid groups (broad SMARTS) is 1. The van der Waals surface area contributed by atoms with Gasteiger partial charge in [-0.3, -0.25) is 9.59 Å². The third-order valence-corrected chi connectivity index (χ3v) is 6.10. The van der Waals surface area contributed by atoms with Crippen LogP contribution in [0.3, 0.4) is 0 Å². The van der Waals surface area contributed by atoms with Crippen molar-refractivity contribution in [3.8, 4) is 5.75 Å². The number of hydrogen-bond acceptors (Lipinski definition) is 3. The van der Waals surface area contributed by atoms with E-state index in [-0.39, 0.29) is 12.3 Å². The van der Waals surface area contributed by atoms with Gasteiger partial charge in [0.05, 0.1) is 5.52 Å². The zero-order chi connectivity index (χ0) is 24.6. The normalized spacial score (nSPS) is 11.8. The van der Waals surface area contributed by atoms with E-state index >= 15 is 0 Å². The summed E-state index contributed by atoms with van der Waals surface area (Å²) in [6.07, 6.45) is 3.08. The van der Waals surface area contributed by atoms with Gasteiger partial charge in [0.25, 0.3) is 0 Å². The Morgan fingerprint density at radius 3 is 2.31 bits per heavy atom. The first-order valence-corrected chi connectivity index (χ1v) is 11.8. The Labute approximate surface area is 205 Å². The summed E-state index contributed by atoms with van der Waals surface area (Å²) in [7, 11) is 0. The van der Waals surface area contributed by atoms with Crippen molar-refractivity contribution in [3.05, 3.63) is 102 Å². The van der Waals surface area contributed by atoms with E-state index in [0.717, 1.165) is 28.5 Å². The summed E-state index contributed by atoms with van der Waals surface area (Å²) in [5, 5.41) is 13.1. The lowest BCUT2D eigenvalue weighted by molar-refractivity contribution is -0.137. The van der Waals surface area contributed by atoms with Crippen molar-refractivity contribution in [2.24, 2.45) is 0 Å². The van der Waals surface area contributed by atoms with Gasteiger partial charge in [0.1, 0.15) is 18.4 Å². The van der Waals surface area contributed by atoms with E-state index in [4.69, 9.17) is 4.74 Å². The fraction of sp³-hybridized carbons (Fsp3) is 0.241. The van der Waals surface area contributed by atoms with Gasteiger partial charge in [-0.25, -0.2) is 0 Å². The van der Waals surface area contributed by atoms with Gasteiger partial charge >= 0.3 is 5.97 Å². The van der Waals surface area contributed by atoms with Gasteiger partial charge in [-0.1, -0.05) is 60.7 Å². The highest BCUT2D eigenvalue weighted by molar-refractivity contribution is 5.89. The van der Waals surface area contributed by atoms with Gasteiger partial charge in [-0.15, -0.1) is 0 Å². The van der Waals surface area contributed by atoms with Gasteiger partial charge in [-0.05, 0) is 48.6 Å². The van der Waals surface area contributed by atoms with Crippen LogP contribution in [0.1, 0.15) is 36.1 Å². The summed E-state index contributed by atoms with van der Waals surface area (Å²) in [5.41, 5.74) is 3.99. The number of carboxylic acids is 1. The quantitative estimate of drug-likeness (QED) is 0.317. The molecule has 0 aliphatic rings. The van der Waals surface area contributed by atoms with E-state index in [0.29, 0.717) is 25.3 Å². The number of aryl methyl sites for hydroxylation is 1. The molecule has 0 fully saturated rings. The maximum Gasteiger partial charge on any atom is 0.303 e. The first-order valence-electron chi connectivity index (χ1n) is 11.8. The highest BCUT2D eigenvalue weighted by atomic mass is 16.5. The minimum atomic E-state index is -0.847. The lowest BCUT2D eigenvalue weighted by atomic mass is 10.1. The molecule has 2 N–H and O–H groups in total. The van der Waals surface area contributed by atoms with Gasteiger partial charge in [0, 0.05) is 30.6 Å². The van der Waals surface area contributed by atoms with E-state index in [2.05, 4.69) is 5.32 Å². The molecular weight excluding hydrogens is 440 g/mol. The molecule has 4 aromatic rings. The number of fused-ring (bicyclic) bond motifs is 1. The maximum atomic E-state index is 13.0. The monoisotopic (exact) mass is 470 g/mol. The number of nitrogens with zero attached hydrogens (tertiary/aromatic N) is 1. The standard InChI is InChI=1S/C29H30N2O4/c1-21(29(34)30-17-16-22-8-4-2-5-9-22)31-19-24(12-15-28(32)33)26-14-13-25(18-27(26)31)35-20-23-10-6-3-7-11-23/h2-11,13-14,18-19,21H,12,15-17,20H2,1H3,(H,30,34)(H,32,33). The van der Waals surface area contributed by atoms with Crippen LogP contribution in [0.2, 0.25) is 0 Å². The van der Waals surface area contributed by atoms with E-state index in [1.165, 1.54) is 5.56 Å². The van der Waals surface area contributed by atoms with E-state index < -0.39 is 12.0 Å². The summed E-state index contributed by atoms with van der Waals surface area (Å²) in [4.78, 5) is 24.2. The van der Waals surface area contributed by atoms with Crippen LogP contribution in [0.4, 0.5) is 0 Å². The molecule has 6 nitrogen and oxygen atoms in total. The fourth-order valence-corrected chi connectivity index (χ4v) is 4.14. The fourth-order valence-electron chi connectivity index (χ4n) is 4.14. The number of carbonyl (C=O) groups excluding carboxylic acids is 1. The van der Waals surface area contributed by atoms with Crippen LogP contribution in [0.25, 0.3) is 10.9 Å². The summed E-state index contributed by atoms with van der Waals surface area (Å²) >= 11 is 0. The molecule has 4 rings (SSSR count). The molecule has 0 aliphatic carbocycles. The first-order chi connectivity index (χ1) is 17.0. The Hall–Kier alpha value is -4.06. The Kier molecular flexibility index (Phi) is 7.83. The zero-order valence-corrected chi connectivity index (χ0v) is 19.8. The highest BCUT2D eigenvalue weighted by Gasteiger charge is 2.20. The number of benzene rings is 3. The summed E-state index contributed by atoms with van der Waals surface area (Å²) in [6, 6.07) is 25.3. The Balaban J connectivity index is 1.53. The summed E-state index contributed by atoms with van der Waals surface area (Å²) in [6.45, 7) is 2.84. The molecule has 1 heterocycles. The summed E-state index contributed by atoms with van der Waals surface area (Å²) in [5.74, 6) is -0.235. The van der Waals surface area contributed by atoms with Crippen molar-refractivity contribution in [1.29, 1.82) is 0 Å². The topological polar surface area (TPSA) is 80.6 Å². The average molecular weight is 471 g/mol. The average Bonchev–Trinajstić information content (AvgIpc) is 3.24. The number of amides is 1. The second kappa shape index (κ2) is 11.4. The van der Waals surface area contributed by atoms with Crippen molar-refractivity contribution in [2.45, 2.75) is 38.8 Å². The molecule has 1 amide bonds. The smallest absolute Gasteiger partial charge is 0.303 e. The largest absolute Gasteiger partial charge is 0.489 e. The van der Waals surface area contributed by atoms with Crippen LogP contribution in [0.15, 0.2) is 85.1 Å². The molecule has 180 valence electrons. The van der Waals surface area contributed by atoms with E-state index in [1.807, 2.05) is 96.6 Å². The molecule has 0 radical (unpaired) electrons. The SMILES string of the molecule is CC(C(=O)NCCc1ccccc1)n1cc(CCC(=O)O)c2ccc(OCc3ccccc3)cc21. The van der Waals surface area contributed by atoms with E-state index in [9.17, 15) is 14.7 Å². The second-order valence-corrected chi connectivity index (χ2v) is 8.61. The Bertz CT molecular complexity index is 1280. The maximum absolute atomic E-state index is 13.0. The lowest BCUT2D eigenvalue weighted by Gasteiger charge is -2.16. The van der Waals surface area contributed by atoms with Crippen LogP contribution in [0, 0.1) is 0 Å². The van der Waals surface area contributed by atoms with Crippen molar-refractivity contribution < 1.29 is 19.4 Å². The number of hydrogen-bond donors (Lipinski definition) is 2. The third kappa shape index (κ3) is 6.29. The molecule has 3 aromatic carbocycles. The van der Waals surface area contributed by atoms with Crippen molar-refractivity contribution in [1.82, 2.24) is 9.88 Å². The molecule has 35 heavy (non-hydrogen) atoms. The minimum Gasteiger partial charge on any atom is -0.489 e. The van der Waals surface area contributed by atoms with Crippen molar-refractivity contribution in [3.63, 3.8) is 0 Å². The molecule has 0 saturated heterocycles. The van der Waals surface area contributed by atoms with Gasteiger partial charge in [0.2, 0.25) is 5.91 Å². The number of aliphatic carboxylic acids is 1. The summed E-state index contributed by atoms with van der Waals surface area (Å²) < 4.78 is 7.93. The number of carbonyl (C=O) groups is 2. The molecule has 1 atom stereocenters. The molecular formula is C29H30N2O4. The van der Waals surface area contributed by atoms with Crippen LogP contribution >= 0.6 is 0 Å². The molecule has 1 aromatic heterocycles. The molecule has 0 saturated carbocycles. The second-order valence-electron chi connectivity index (χ2n) is 8.61. The van der Waals surface area contributed by atoms with Gasteiger partial charge < -0.3 is 19.7 Å². The Morgan fingerprint density at radius 2 is 1.63 bits per heavy atom. The van der Waals surface area contributed by atoms with Crippen LogP contribution in [-0.4, -0.2) is 28.1 Å². The number of nitrogens with one attached hydrogen (secondary N) is 1. The molecule has 1 unspecified atom stereocenters. The molecule has 0 aliphatic heterocycles. The zero-order valence-electron chi connectivity index (χ0n) is 19.8. The number of ether oxygens (including phenoxy) is 1. The molecule has 0 spiro atoms. The van der Waals surface area contributed by atoms with Crippen molar-refractivity contribution >= 4 is 22.8 Å². The Morgan fingerprint density at radius 1 is 0.943 bits per heavy atom. The van der Waals surface area contributed by atoms with E-state index in [1.54, 1.807) is 0 Å². The first kappa shape index (κ1) is 24.1. The third-order valence-electron chi connectivity index (χ3n) is 6.10. The minimum absolute atomic E-state index is 0.0308. The predicted molar refractivity (Wildman–Crippen MR) is 137 cm³/mol. The number of rotatable bonds is 11. The lowest BCUT2D eigenvalue weighted by Crippen LogP contribution is -2.32. The predicted octanol–water partition coefficient (Wildman–Crippen LogP) is 5.16.